The van der Waals surface area contributed by atoms with Crippen LogP contribution >= 0.6 is 30.8 Å². The van der Waals surface area contributed by atoms with Gasteiger partial charge in [-0.05, 0) is 53.6 Å². The molecule has 0 N–H and O–H groups in total. The number of hydrogen-bond donors (Lipinski definition) is 0. The molecule has 0 saturated heterocycles. The molecule has 7 heteroatoms. The highest BCUT2D eigenvalue weighted by atomic mass is 35.5. The van der Waals surface area contributed by atoms with Gasteiger partial charge in [0, 0.05) is 10.4 Å². The lowest BCUT2D eigenvalue weighted by molar-refractivity contribution is 0.393. The maximum Gasteiger partial charge on any atom is 0.427 e. The third-order valence-electron chi connectivity index (χ3n) is 4.82. The number of rotatable bonds is 7. The third-order valence-corrected chi connectivity index (χ3v) is 6.42. The van der Waals surface area contributed by atoms with Gasteiger partial charge in [-0.15, -0.1) is 0 Å². The van der Waals surface area contributed by atoms with Gasteiger partial charge in [0.1, 0.15) is 17.2 Å². The molecular weight excluding hydrogens is 442 g/mol. The summed E-state index contributed by atoms with van der Waals surface area (Å²) in [6.45, 7) is 5.68. The molecule has 0 aliphatic rings. The van der Waals surface area contributed by atoms with Gasteiger partial charge in [-0.2, -0.15) is 0 Å². The molecule has 0 aromatic heterocycles. The summed E-state index contributed by atoms with van der Waals surface area (Å²) >= 11 is 12.0. The van der Waals surface area contributed by atoms with Crippen molar-refractivity contribution in [2.45, 2.75) is 19.3 Å². The molecule has 0 saturated carbocycles. The minimum Gasteiger partial charge on any atom is -0.497 e. The fraction of sp³-hybridized carbons (Fsp3) is 0.217. The average molecular weight is 465 g/mol. The molecule has 0 spiro atoms. The van der Waals surface area contributed by atoms with Gasteiger partial charge in [-0.3, -0.25) is 0 Å². The van der Waals surface area contributed by atoms with Gasteiger partial charge in [-0.25, -0.2) is 4.57 Å². The standard InChI is InChI=1S/C23H23Cl2O4P/c1-23(2,16-5-10-19(27-3)11-6-16)17-7-12-20(13-8-17)28-30(4,26)29-22-14-9-18(24)15-21(22)25/h5-15H,1-4H3. The van der Waals surface area contributed by atoms with Crippen molar-refractivity contribution in [2.75, 3.05) is 13.8 Å². The monoisotopic (exact) mass is 464 g/mol. The van der Waals surface area contributed by atoms with Gasteiger partial charge in [0.05, 0.1) is 18.8 Å². The number of ether oxygens (including phenoxy) is 1. The summed E-state index contributed by atoms with van der Waals surface area (Å²) in [5.74, 6) is 1.52. The molecule has 1 unspecified atom stereocenters. The van der Waals surface area contributed by atoms with E-state index in [0.717, 1.165) is 16.9 Å². The van der Waals surface area contributed by atoms with Gasteiger partial charge >= 0.3 is 7.60 Å². The minimum absolute atomic E-state index is 0.228. The van der Waals surface area contributed by atoms with Crippen LogP contribution in [0.5, 0.6) is 17.2 Å². The molecule has 0 bridgehead atoms. The Hall–Kier alpha value is -2.13. The highest BCUT2D eigenvalue weighted by molar-refractivity contribution is 7.53. The van der Waals surface area contributed by atoms with Gasteiger partial charge in [0.2, 0.25) is 0 Å². The van der Waals surface area contributed by atoms with Crippen molar-refractivity contribution < 1.29 is 18.3 Å². The maximum atomic E-state index is 12.8. The van der Waals surface area contributed by atoms with E-state index in [9.17, 15) is 4.57 Å². The second-order valence-electron chi connectivity index (χ2n) is 7.41. The predicted molar refractivity (Wildman–Crippen MR) is 123 cm³/mol. The van der Waals surface area contributed by atoms with Gasteiger partial charge in [0.25, 0.3) is 0 Å². The third kappa shape index (κ3) is 5.31. The zero-order chi connectivity index (χ0) is 21.9. The molecule has 0 radical (unpaired) electrons. The van der Waals surface area contributed by atoms with Crippen LogP contribution in [-0.2, 0) is 9.98 Å². The smallest absolute Gasteiger partial charge is 0.427 e. The number of halogens is 2. The molecule has 0 aliphatic heterocycles. The molecule has 3 aromatic rings. The van der Waals surface area contributed by atoms with Crippen molar-refractivity contribution >= 4 is 30.8 Å². The van der Waals surface area contributed by atoms with E-state index in [0.29, 0.717) is 10.8 Å². The van der Waals surface area contributed by atoms with Crippen LogP contribution in [0.1, 0.15) is 25.0 Å². The van der Waals surface area contributed by atoms with E-state index in [1.165, 1.54) is 12.7 Å². The van der Waals surface area contributed by atoms with E-state index in [1.54, 1.807) is 31.4 Å². The molecule has 158 valence electrons. The van der Waals surface area contributed by atoms with Crippen LogP contribution in [0, 0.1) is 0 Å². The van der Waals surface area contributed by atoms with Crippen LogP contribution in [0.25, 0.3) is 0 Å². The first-order valence-electron chi connectivity index (χ1n) is 9.27. The van der Waals surface area contributed by atoms with Crippen molar-refractivity contribution in [3.8, 4) is 17.2 Å². The first kappa shape index (κ1) is 22.6. The SMILES string of the molecule is COc1ccc(C(C)(C)c2ccc(OP(C)(=O)Oc3ccc(Cl)cc3Cl)cc2)cc1. The van der Waals surface area contributed by atoms with Crippen molar-refractivity contribution in [3.05, 3.63) is 87.9 Å². The van der Waals surface area contributed by atoms with Crippen LogP contribution in [0.4, 0.5) is 0 Å². The van der Waals surface area contributed by atoms with Crippen LogP contribution < -0.4 is 13.8 Å². The summed E-state index contributed by atoms with van der Waals surface area (Å²) in [7, 11) is -1.79. The second kappa shape index (κ2) is 8.93. The van der Waals surface area contributed by atoms with Gasteiger partial charge in [-0.1, -0.05) is 61.3 Å². The zero-order valence-corrected chi connectivity index (χ0v) is 19.6. The van der Waals surface area contributed by atoms with Crippen LogP contribution in [-0.4, -0.2) is 13.8 Å². The van der Waals surface area contributed by atoms with Crippen molar-refractivity contribution in [1.82, 2.24) is 0 Å². The predicted octanol–water partition coefficient (Wildman–Crippen LogP) is 7.61. The van der Waals surface area contributed by atoms with E-state index in [4.69, 9.17) is 37.0 Å². The van der Waals surface area contributed by atoms with Crippen LogP contribution in [0.15, 0.2) is 66.7 Å². The topological polar surface area (TPSA) is 44.8 Å². The average Bonchev–Trinajstić information content (AvgIpc) is 2.70. The largest absolute Gasteiger partial charge is 0.497 e. The number of benzene rings is 3. The normalized spacial score (nSPS) is 13.4. The van der Waals surface area contributed by atoms with E-state index in [-0.39, 0.29) is 16.2 Å². The Kier molecular flexibility index (Phi) is 6.71. The van der Waals surface area contributed by atoms with E-state index in [2.05, 4.69) is 13.8 Å². The van der Waals surface area contributed by atoms with E-state index >= 15 is 0 Å². The molecule has 3 rings (SSSR count). The lowest BCUT2D eigenvalue weighted by Crippen LogP contribution is -2.18. The van der Waals surface area contributed by atoms with Crippen molar-refractivity contribution in [1.29, 1.82) is 0 Å². The lowest BCUT2D eigenvalue weighted by atomic mass is 9.78. The van der Waals surface area contributed by atoms with Gasteiger partial charge < -0.3 is 13.8 Å². The molecular formula is C23H23Cl2O4P. The molecule has 0 amide bonds. The maximum absolute atomic E-state index is 12.8. The van der Waals surface area contributed by atoms with Crippen LogP contribution in [0.2, 0.25) is 10.0 Å². The second-order valence-corrected chi connectivity index (χ2v) is 10.2. The molecule has 0 heterocycles. The van der Waals surface area contributed by atoms with E-state index < -0.39 is 7.60 Å². The summed E-state index contributed by atoms with van der Waals surface area (Å²) < 4.78 is 29.2. The fourth-order valence-electron chi connectivity index (χ4n) is 3.04. The molecule has 0 aliphatic carbocycles. The first-order chi connectivity index (χ1) is 14.1. The summed E-state index contributed by atoms with van der Waals surface area (Å²) in [6, 6.07) is 20.2. The Labute approximate surface area is 187 Å². The van der Waals surface area contributed by atoms with Crippen LogP contribution in [0.3, 0.4) is 0 Å². The number of methoxy groups -OCH3 is 1. The summed E-state index contributed by atoms with van der Waals surface area (Å²) in [5.41, 5.74) is 2.01. The number of hydrogen-bond acceptors (Lipinski definition) is 4. The summed E-state index contributed by atoms with van der Waals surface area (Å²) in [5, 5.41) is 0.735. The minimum atomic E-state index is -3.44. The quantitative estimate of drug-likeness (QED) is 0.337. The van der Waals surface area contributed by atoms with E-state index in [1.807, 2.05) is 36.4 Å². The Morgan fingerprint density at radius 2 is 1.33 bits per heavy atom. The Bertz CT molecular complexity index is 1060. The summed E-state index contributed by atoms with van der Waals surface area (Å²) in [6.07, 6.45) is 0. The zero-order valence-electron chi connectivity index (χ0n) is 17.2. The molecule has 1 atom stereocenters. The molecule has 3 aromatic carbocycles. The molecule has 4 nitrogen and oxygen atoms in total. The Balaban J connectivity index is 1.75. The molecule has 0 fully saturated rings. The highest BCUT2D eigenvalue weighted by Crippen LogP contribution is 2.47. The fourth-order valence-corrected chi connectivity index (χ4v) is 4.60. The van der Waals surface area contributed by atoms with Crippen molar-refractivity contribution in [3.63, 3.8) is 0 Å². The Morgan fingerprint density at radius 1 is 0.800 bits per heavy atom. The van der Waals surface area contributed by atoms with Gasteiger partial charge in [0.15, 0.2) is 0 Å². The van der Waals surface area contributed by atoms with Crippen molar-refractivity contribution in [2.24, 2.45) is 0 Å². The lowest BCUT2D eigenvalue weighted by Gasteiger charge is -2.26. The highest BCUT2D eigenvalue weighted by Gasteiger charge is 2.25. The first-order valence-corrected chi connectivity index (χ1v) is 12.0. The molecule has 30 heavy (non-hydrogen) atoms. The summed E-state index contributed by atoms with van der Waals surface area (Å²) in [4.78, 5) is 0. The Morgan fingerprint density at radius 3 is 1.83 bits per heavy atom.